The quantitative estimate of drug-likeness (QED) is 0.779. The van der Waals surface area contributed by atoms with E-state index in [1.165, 1.54) is 11.0 Å². The van der Waals surface area contributed by atoms with Crippen molar-refractivity contribution in [3.05, 3.63) is 51.9 Å². The summed E-state index contributed by atoms with van der Waals surface area (Å²) in [6.45, 7) is 0.304. The van der Waals surface area contributed by atoms with E-state index in [-0.39, 0.29) is 10.1 Å². The zero-order valence-electron chi connectivity index (χ0n) is 10.9. The highest BCUT2D eigenvalue weighted by molar-refractivity contribution is 8.15. The van der Waals surface area contributed by atoms with Gasteiger partial charge in [0.2, 0.25) is 0 Å². The molecule has 1 aromatic heterocycles. The lowest BCUT2D eigenvalue weighted by atomic mass is 10.2. The maximum Gasteiger partial charge on any atom is 0.270 e. The van der Waals surface area contributed by atoms with Gasteiger partial charge < -0.3 is 4.90 Å². The second-order valence-electron chi connectivity index (χ2n) is 4.33. The number of hydrogen-bond acceptors (Lipinski definition) is 4. The van der Waals surface area contributed by atoms with E-state index < -0.39 is 9.05 Å². The van der Waals surface area contributed by atoms with Crippen LogP contribution in [0.1, 0.15) is 15.2 Å². The van der Waals surface area contributed by atoms with Crippen molar-refractivity contribution in [3.63, 3.8) is 0 Å². The molecule has 0 N–H and O–H groups in total. The minimum atomic E-state index is -3.72. The molecule has 0 bridgehead atoms. The molecule has 8 heteroatoms. The fourth-order valence-electron chi connectivity index (χ4n) is 1.69. The summed E-state index contributed by atoms with van der Waals surface area (Å²) in [5.74, 6) is -0.171. The third kappa shape index (κ3) is 4.20. The Hall–Kier alpha value is -1.08. The number of amides is 1. The Labute approximate surface area is 136 Å². The first kappa shape index (κ1) is 16.3. The number of thiophene rings is 1. The molecule has 2 rings (SSSR count). The second-order valence-corrected chi connectivity index (χ2v) is 8.72. The van der Waals surface area contributed by atoms with Crippen LogP contribution >= 0.6 is 33.6 Å². The molecule has 0 fully saturated rings. The molecule has 0 spiro atoms. The van der Waals surface area contributed by atoms with Crippen LogP contribution in [0.15, 0.2) is 40.6 Å². The maximum absolute atomic E-state index is 12.2. The van der Waals surface area contributed by atoms with Crippen LogP contribution in [-0.4, -0.2) is 26.3 Å². The lowest BCUT2D eigenvalue weighted by molar-refractivity contribution is 0.0786. The van der Waals surface area contributed by atoms with Crippen molar-refractivity contribution in [1.29, 1.82) is 0 Å². The van der Waals surface area contributed by atoms with Crippen molar-refractivity contribution in [2.24, 2.45) is 0 Å². The number of hydrogen-bond donors (Lipinski definition) is 0. The molecular weight excluding hydrogens is 353 g/mol. The molecular formula is C13H11Cl2NO3S2. The van der Waals surface area contributed by atoms with Gasteiger partial charge in [-0.05, 0) is 36.4 Å². The smallest absolute Gasteiger partial charge is 0.270 e. The van der Waals surface area contributed by atoms with Gasteiger partial charge in [0.25, 0.3) is 15.0 Å². The van der Waals surface area contributed by atoms with Gasteiger partial charge in [-0.2, -0.15) is 0 Å². The third-order valence-electron chi connectivity index (χ3n) is 2.71. The first-order chi connectivity index (χ1) is 9.77. The van der Waals surface area contributed by atoms with Gasteiger partial charge in [0.05, 0.1) is 6.54 Å². The van der Waals surface area contributed by atoms with Crippen LogP contribution in [0.2, 0.25) is 5.02 Å². The molecule has 112 valence electrons. The molecule has 0 radical (unpaired) electrons. The van der Waals surface area contributed by atoms with Gasteiger partial charge in [-0.1, -0.05) is 11.6 Å². The topological polar surface area (TPSA) is 54.5 Å². The molecule has 0 unspecified atom stereocenters. The maximum atomic E-state index is 12.2. The summed E-state index contributed by atoms with van der Waals surface area (Å²) in [5, 5.41) is 0.560. The van der Waals surface area contributed by atoms with Gasteiger partial charge in [0.15, 0.2) is 0 Å². The lowest BCUT2D eigenvalue weighted by Crippen LogP contribution is -2.25. The molecule has 1 aromatic carbocycles. The standard InChI is InChI=1S/C13H11Cl2NO3S2/c1-16(13(17)9-2-4-10(14)5-3-9)8-11-6-7-12(20-11)21(15,18)19/h2-7H,8H2,1H3. The highest BCUT2D eigenvalue weighted by Gasteiger charge is 2.16. The molecule has 0 saturated carbocycles. The van der Waals surface area contributed by atoms with Crippen molar-refractivity contribution >= 4 is 48.6 Å². The molecule has 1 heterocycles. The summed E-state index contributed by atoms with van der Waals surface area (Å²) in [6, 6.07) is 9.65. The Balaban J connectivity index is 2.10. The Morgan fingerprint density at radius 3 is 2.33 bits per heavy atom. The van der Waals surface area contributed by atoms with Crippen LogP contribution in [0.5, 0.6) is 0 Å². The minimum absolute atomic E-state index is 0.0755. The van der Waals surface area contributed by atoms with Crippen molar-refractivity contribution in [1.82, 2.24) is 4.90 Å². The minimum Gasteiger partial charge on any atom is -0.337 e. The monoisotopic (exact) mass is 363 g/mol. The molecule has 21 heavy (non-hydrogen) atoms. The van der Waals surface area contributed by atoms with Gasteiger partial charge in [0.1, 0.15) is 4.21 Å². The molecule has 4 nitrogen and oxygen atoms in total. The highest BCUT2D eigenvalue weighted by atomic mass is 35.7. The number of carbonyl (C=O) groups excluding carboxylic acids is 1. The summed E-state index contributed by atoms with van der Waals surface area (Å²) in [7, 11) is 3.19. The zero-order chi connectivity index (χ0) is 15.6. The summed E-state index contributed by atoms with van der Waals surface area (Å²) < 4.78 is 22.5. The molecule has 0 aliphatic heterocycles. The number of carbonyl (C=O) groups is 1. The van der Waals surface area contributed by atoms with E-state index >= 15 is 0 Å². The predicted octanol–water partition coefficient (Wildman–Crippen LogP) is 3.60. The summed E-state index contributed by atoms with van der Waals surface area (Å²) in [5.41, 5.74) is 0.517. The number of rotatable bonds is 4. The molecule has 1 amide bonds. The van der Waals surface area contributed by atoms with E-state index in [1.54, 1.807) is 37.4 Å². The zero-order valence-corrected chi connectivity index (χ0v) is 14.1. The van der Waals surface area contributed by atoms with Gasteiger partial charge in [-0.25, -0.2) is 8.42 Å². The van der Waals surface area contributed by atoms with Crippen LogP contribution in [0.3, 0.4) is 0 Å². The Morgan fingerprint density at radius 2 is 1.81 bits per heavy atom. The van der Waals surface area contributed by atoms with Gasteiger partial charge in [0, 0.05) is 33.2 Å². The van der Waals surface area contributed by atoms with E-state index in [9.17, 15) is 13.2 Å². The Morgan fingerprint density at radius 1 is 1.19 bits per heavy atom. The first-order valence-corrected chi connectivity index (χ1v) is 9.32. The van der Waals surface area contributed by atoms with E-state index in [0.29, 0.717) is 17.1 Å². The summed E-state index contributed by atoms with van der Waals surface area (Å²) >= 11 is 6.83. The average molecular weight is 364 g/mol. The average Bonchev–Trinajstić information content (AvgIpc) is 2.87. The van der Waals surface area contributed by atoms with Crippen molar-refractivity contribution in [2.45, 2.75) is 10.8 Å². The Bertz CT molecular complexity index is 754. The molecule has 0 saturated heterocycles. The molecule has 0 aliphatic rings. The van der Waals surface area contributed by atoms with Gasteiger partial charge >= 0.3 is 0 Å². The number of benzene rings is 1. The van der Waals surface area contributed by atoms with Crippen LogP contribution in [0.25, 0.3) is 0 Å². The number of nitrogens with zero attached hydrogens (tertiary/aromatic N) is 1. The molecule has 0 aliphatic carbocycles. The van der Waals surface area contributed by atoms with Gasteiger partial charge in [-0.15, -0.1) is 11.3 Å². The van der Waals surface area contributed by atoms with E-state index in [1.807, 2.05) is 0 Å². The van der Waals surface area contributed by atoms with Crippen LogP contribution in [0, 0.1) is 0 Å². The fraction of sp³-hybridized carbons (Fsp3) is 0.154. The van der Waals surface area contributed by atoms with Crippen LogP contribution in [0.4, 0.5) is 0 Å². The van der Waals surface area contributed by atoms with Gasteiger partial charge in [-0.3, -0.25) is 4.79 Å². The third-order valence-corrected chi connectivity index (χ3v) is 6.12. The van der Waals surface area contributed by atoms with E-state index in [4.69, 9.17) is 22.3 Å². The first-order valence-electron chi connectivity index (χ1n) is 5.82. The predicted molar refractivity (Wildman–Crippen MR) is 84.6 cm³/mol. The van der Waals surface area contributed by atoms with Crippen molar-refractivity contribution in [2.75, 3.05) is 7.05 Å². The molecule has 0 atom stereocenters. The summed E-state index contributed by atoms with van der Waals surface area (Å²) in [4.78, 5) is 14.4. The normalized spacial score (nSPS) is 11.4. The number of halogens is 2. The Kier molecular flexibility index (Phi) is 4.93. The fourth-order valence-corrected chi connectivity index (χ4v) is 4.00. The van der Waals surface area contributed by atoms with Crippen LogP contribution < -0.4 is 0 Å². The van der Waals surface area contributed by atoms with Crippen LogP contribution in [-0.2, 0) is 15.6 Å². The largest absolute Gasteiger partial charge is 0.337 e. The highest BCUT2D eigenvalue weighted by Crippen LogP contribution is 2.25. The van der Waals surface area contributed by atoms with E-state index in [0.717, 1.165) is 16.2 Å². The van der Waals surface area contributed by atoms with Crippen molar-refractivity contribution in [3.8, 4) is 0 Å². The second kappa shape index (κ2) is 6.36. The SMILES string of the molecule is CN(Cc1ccc(S(=O)(=O)Cl)s1)C(=O)c1ccc(Cl)cc1. The summed E-state index contributed by atoms with van der Waals surface area (Å²) in [6.07, 6.45) is 0. The molecule has 2 aromatic rings. The van der Waals surface area contributed by atoms with E-state index in [2.05, 4.69) is 0 Å². The lowest BCUT2D eigenvalue weighted by Gasteiger charge is -2.16. The van der Waals surface area contributed by atoms with Crippen molar-refractivity contribution < 1.29 is 13.2 Å².